The fourth-order valence-corrected chi connectivity index (χ4v) is 1.80. The molecule has 0 amide bonds. The smallest absolute Gasteiger partial charge is 0.222 e. The second-order valence-electron chi connectivity index (χ2n) is 3.54. The van der Waals surface area contributed by atoms with Crippen molar-refractivity contribution in [3.05, 3.63) is 45.6 Å². The average molecular weight is 340 g/mol. The summed E-state index contributed by atoms with van der Waals surface area (Å²) >= 11 is 2.18. The lowest BCUT2D eigenvalue weighted by atomic mass is 10.1. The molecule has 5 heteroatoms. The summed E-state index contributed by atoms with van der Waals surface area (Å²) in [6, 6.07) is 4.06. The number of hydrogen-bond acceptors (Lipinski definition) is 4. The molecule has 2 aromatic heterocycles. The van der Waals surface area contributed by atoms with Gasteiger partial charge in [-0.1, -0.05) is 13.0 Å². The van der Waals surface area contributed by atoms with Crippen LogP contribution in [0.5, 0.6) is 0 Å². The van der Waals surface area contributed by atoms with Gasteiger partial charge >= 0.3 is 0 Å². The average Bonchev–Trinajstić information content (AvgIpc) is 2.38. The van der Waals surface area contributed by atoms with Crippen molar-refractivity contribution in [3.8, 4) is 0 Å². The van der Waals surface area contributed by atoms with Crippen LogP contribution in [0, 0.1) is 3.57 Å². The van der Waals surface area contributed by atoms with Gasteiger partial charge in [0.25, 0.3) is 0 Å². The summed E-state index contributed by atoms with van der Waals surface area (Å²) in [4.78, 5) is 12.7. The van der Waals surface area contributed by atoms with Gasteiger partial charge in [-0.2, -0.15) is 0 Å². The van der Waals surface area contributed by atoms with Crippen LogP contribution >= 0.6 is 22.6 Å². The summed E-state index contributed by atoms with van der Waals surface area (Å²) in [6.07, 6.45) is 6.37. The van der Waals surface area contributed by atoms with E-state index in [1.165, 1.54) is 5.56 Å². The highest BCUT2D eigenvalue weighted by Gasteiger charge is 2.02. The highest BCUT2D eigenvalue weighted by atomic mass is 127. The molecule has 0 unspecified atom stereocenters. The van der Waals surface area contributed by atoms with Gasteiger partial charge in [0.1, 0.15) is 0 Å². The van der Waals surface area contributed by atoms with E-state index in [1.807, 2.05) is 12.3 Å². The van der Waals surface area contributed by atoms with Gasteiger partial charge in [0.15, 0.2) is 0 Å². The van der Waals surface area contributed by atoms with Crippen LogP contribution in [0.1, 0.15) is 18.2 Å². The van der Waals surface area contributed by atoms with Gasteiger partial charge in [0.05, 0.1) is 12.2 Å². The molecular weight excluding hydrogens is 327 g/mol. The Morgan fingerprint density at radius 1 is 1.24 bits per heavy atom. The first-order chi connectivity index (χ1) is 8.29. The van der Waals surface area contributed by atoms with E-state index in [0.717, 1.165) is 15.7 Å². The van der Waals surface area contributed by atoms with Crippen molar-refractivity contribution < 1.29 is 0 Å². The highest BCUT2D eigenvalue weighted by molar-refractivity contribution is 14.1. The van der Waals surface area contributed by atoms with E-state index in [-0.39, 0.29) is 0 Å². The van der Waals surface area contributed by atoms with Crippen LogP contribution < -0.4 is 5.32 Å². The number of anilines is 1. The molecule has 0 spiro atoms. The zero-order valence-electron chi connectivity index (χ0n) is 9.52. The normalized spacial score (nSPS) is 10.2. The lowest BCUT2D eigenvalue weighted by molar-refractivity contribution is 0.950. The van der Waals surface area contributed by atoms with Gasteiger partial charge in [-0.25, -0.2) is 9.97 Å². The number of aromatic nitrogens is 3. The Morgan fingerprint density at radius 3 is 2.71 bits per heavy atom. The van der Waals surface area contributed by atoms with E-state index in [2.05, 4.69) is 55.8 Å². The van der Waals surface area contributed by atoms with Crippen LogP contribution in [-0.4, -0.2) is 15.0 Å². The fourth-order valence-electron chi connectivity index (χ4n) is 1.52. The molecule has 17 heavy (non-hydrogen) atoms. The maximum atomic E-state index is 4.36. The number of halogens is 1. The van der Waals surface area contributed by atoms with Crippen LogP contribution in [-0.2, 0) is 13.0 Å². The lowest BCUT2D eigenvalue weighted by Gasteiger charge is -2.07. The van der Waals surface area contributed by atoms with E-state index in [9.17, 15) is 0 Å². The first-order valence-electron chi connectivity index (χ1n) is 5.43. The summed E-state index contributed by atoms with van der Waals surface area (Å²) < 4.78 is 1.03. The molecule has 0 aliphatic carbocycles. The molecule has 0 fully saturated rings. The van der Waals surface area contributed by atoms with Crippen molar-refractivity contribution in [3.63, 3.8) is 0 Å². The largest absolute Gasteiger partial charge is 0.349 e. The van der Waals surface area contributed by atoms with Crippen LogP contribution in [0.15, 0.2) is 30.7 Å². The monoisotopic (exact) mass is 340 g/mol. The molecule has 88 valence electrons. The van der Waals surface area contributed by atoms with Crippen molar-refractivity contribution in [1.29, 1.82) is 0 Å². The second-order valence-corrected chi connectivity index (χ2v) is 4.79. The maximum absolute atomic E-state index is 4.36. The number of aryl methyl sites for hydroxylation is 1. The Balaban J connectivity index is 2.04. The van der Waals surface area contributed by atoms with E-state index in [1.54, 1.807) is 12.4 Å². The van der Waals surface area contributed by atoms with Gasteiger partial charge in [0.2, 0.25) is 5.95 Å². The third-order valence-electron chi connectivity index (χ3n) is 2.40. The number of hydrogen-bond donors (Lipinski definition) is 1. The molecule has 2 heterocycles. The lowest BCUT2D eigenvalue weighted by Crippen LogP contribution is -2.07. The van der Waals surface area contributed by atoms with Crippen molar-refractivity contribution in [2.45, 2.75) is 19.9 Å². The van der Waals surface area contributed by atoms with Gasteiger partial charge in [-0.05, 0) is 40.6 Å². The van der Waals surface area contributed by atoms with Crippen molar-refractivity contribution in [2.24, 2.45) is 0 Å². The van der Waals surface area contributed by atoms with E-state index in [4.69, 9.17) is 0 Å². The van der Waals surface area contributed by atoms with Crippen molar-refractivity contribution in [1.82, 2.24) is 15.0 Å². The SMILES string of the molecule is CCc1cccnc1CNc1ncc(I)cn1. The van der Waals surface area contributed by atoms with Crippen molar-refractivity contribution >= 4 is 28.5 Å². The molecule has 0 aliphatic heterocycles. The summed E-state index contributed by atoms with van der Waals surface area (Å²) in [5, 5.41) is 3.17. The predicted octanol–water partition coefficient (Wildman–Crippen LogP) is 2.65. The topological polar surface area (TPSA) is 50.7 Å². The molecule has 1 N–H and O–H groups in total. The van der Waals surface area contributed by atoms with Crippen LogP contribution in [0.2, 0.25) is 0 Å². The quantitative estimate of drug-likeness (QED) is 0.870. The molecule has 4 nitrogen and oxygen atoms in total. The Morgan fingerprint density at radius 2 is 2.00 bits per heavy atom. The van der Waals surface area contributed by atoms with Gasteiger partial charge in [-0.15, -0.1) is 0 Å². The molecule has 0 saturated carbocycles. The summed E-state index contributed by atoms with van der Waals surface area (Å²) in [6.45, 7) is 2.78. The summed E-state index contributed by atoms with van der Waals surface area (Å²) in [5.74, 6) is 0.637. The van der Waals surface area contributed by atoms with E-state index < -0.39 is 0 Å². The number of nitrogens with zero attached hydrogens (tertiary/aromatic N) is 3. The summed E-state index contributed by atoms with van der Waals surface area (Å²) in [5.41, 5.74) is 2.31. The molecule has 0 saturated heterocycles. The van der Waals surface area contributed by atoms with Crippen LogP contribution in [0.4, 0.5) is 5.95 Å². The number of rotatable bonds is 4. The molecule has 0 atom stereocenters. The van der Waals surface area contributed by atoms with Gasteiger partial charge in [0, 0.05) is 22.2 Å². The molecule has 0 aliphatic rings. The molecule has 2 rings (SSSR count). The van der Waals surface area contributed by atoms with Crippen LogP contribution in [0.25, 0.3) is 0 Å². The Hall–Kier alpha value is -1.24. The third-order valence-corrected chi connectivity index (χ3v) is 2.96. The fraction of sp³-hybridized carbons (Fsp3) is 0.250. The number of nitrogens with one attached hydrogen (secondary N) is 1. The first-order valence-corrected chi connectivity index (χ1v) is 6.51. The molecule has 0 aromatic carbocycles. The Kier molecular flexibility index (Phi) is 4.24. The molecular formula is C12H13IN4. The van der Waals surface area contributed by atoms with Gasteiger partial charge < -0.3 is 5.32 Å². The van der Waals surface area contributed by atoms with E-state index in [0.29, 0.717) is 12.5 Å². The Labute approximate surface area is 114 Å². The third kappa shape index (κ3) is 3.36. The minimum Gasteiger partial charge on any atom is -0.349 e. The number of pyridine rings is 1. The maximum Gasteiger partial charge on any atom is 0.222 e. The van der Waals surface area contributed by atoms with E-state index >= 15 is 0 Å². The Bertz CT molecular complexity index is 484. The zero-order valence-corrected chi connectivity index (χ0v) is 11.7. The first kappa shape index (κ1) is 12.2. The zero-order chi connectivity index (χ0) is 12.1. The second kappa shape index (κ2) is 5.90. The molecule has 0 bridgehead atoms. The minimum atomic E-state index is 0.637. The van der Waals surface area contributed by atoms with Crippen molar-refractivity contribution in [2.75, 3.05) is 5.32 Å². The predicted molar refractivity (Wildman–Crippen MR) is 75.7 cm³/mol. The van der Waals surface area contributed by atoms with Gasteiger partial charge in [-0.3, -0.25) is 4.98 Å². The molecule has 2 aromatic rings. The standard InChI is InChI=1S/C12H13IN4/c1-2-9-4-3-5-14-11(9)8-17-12-15-6-10(13)7-16-12/h3-7H,2,8H2,1H3,(H,15,16,17). The summed E-state index contributed by atoms with van der Waals surface area (Å²) in [7, 11) is 0. The minimum absolute atomic E-state index is 0.637. The molecule has 0 radical (unpaired) electrons. The van der Waals surface area contributed by atoms with Crippen LogP contribution in [0.3, 0.4) is 0 Å². The highest BCUT2D eigenvalue weighted by Crippen LogP contribution is 2.08.